The number of carbonyl (C=O) groups is 7. The largest absolute Gasteiger partial charge is 0.331 e. The number of benzene rings is 12. The average Bonchev–Trinajstić information content (AvgIpc) is 0.744. The van der Waals surface area contributed by atoms with Crippen LogP contribution >= 0.6 is 139 Å². The summed E-state index contributed by atoms with van der Waals surface area (Å²) in [5, 5.41) is 19.4. The number of amides is 5. The first-order valence-corrected chi connectivity index (χ1v) is 47.3. The highest BCUT2D eigenvalue weighted by molar-refractivity contribution is 6.44. The highest BCUT2D eigenvalue weighted by Crippen LogP contribution is 2.47. The molecule has 18 rings (SSSR count). The topological polar surface area (TPSA) is 180 Å². The van der Waals surface area contributed by atoms with E-state index in [4.69, 9.17) is 144 Å². The van der Waals surface area contributed by atoms with Gasteiger partial charge < -0.3 is 20.8 Å². The Balaban J connectivity index is 0.000000136. The van der Waals surface area contributed by atoms with Gasteiger partial charge in [-0.05, 0) is 185 Å². The summed E-state index contributed by atoms with van der Waals surface area (Å²) in [6, 6.07) is 82.4. The number of imide groups is 1. The normalized spacial score (nSPS) is 17.1. The zero-order valence-electron chi connectivity index (χ0n) is 72.9. The Hall–Kier alpha value is -10.6. The van der Waals surface area contributed by atoms with Crippen molar-refractivity contribution in [2.24, 2.45) is 5.16 Å². The lowest BCUT2D eigenvalue weighted by Crippen LogP contribution is -2.33. The van der Waals surface area contributed by atoms with Gasteiger partial charge in [0.05, 0.1) is 71.7 Å². The number of oxime groups is 1. The van der Waals surface area contributed by atoms with Gasteiger partial charge in [-0.15, -0.1) is 0 Å². The molecule has 0 radical (unpaired) electrons. The molecule has 0 saturated heterocycles. The second-order valence-corrected chi connectivity index (χ2v) is 37.2. The van der Waals surface area contributed by atoms with E-state index >= 15 is 0 Å². The highest BCUT2D eigenvalue weighted by atomic mass is 35.5. The van der Waals surface area contributed by atoms with Gasteiger partial charge in [0.1, 0.15) is 0 Å². The Morgan fingerprint density at radius 2 is 0.541 bits per heavy atom. The van der Waals surface area contributed by atoms with E-state index < -0.39 is 5.97 Å². The molecule has 133 heavy (non-hydrogen) atoms. The number of ketones is 1. The molecule has 0 heterocycles. The first kappa shape index (κ1) is 99.9. The molecule has 5 amide bonds. The predicted octanol–water partition coefficient (Wildman–Crippen LogP) is 30.6. The molecule has 6 aliphatic rings. The summed E-state index contributed by atoms with van der Waals surface area (Å²) in [5.41, 5.74) is 23.5. The summed E-state index contributed by atoms with van der Waals surface area (Å²) in [6.07, 6.45) is 14.3. The van der Waals surface area contributed by atoms with Gasteiger partial charge >= 0.3 is 5.97 Å². The first-order chi connectivity index (χ1) is 63.8. The summed E-state index contributed by atoms with van der Waals surface area (Å²) < 4.78 is 0. The van der Waals surface area contributed by atoms with Crippen molar-refractivity contribution < 1.29 is 38.4 Å². The number of allylic oxidation sites excluding steroid dienone is 4. The molecule has 0 aromatic heterocycles. The Morgan fingerprint density at radius 3 is 0.835 bits per heavy atom. The molecule has 6 aliphatic carbocycles. The monoisotopic (exact) mass is 2000 g/mol. The average molecular weight is 2010 g/mol. The van der Waals surface area contributed by atoms with Crippen LogP contribution < -0.4 is 16.0 Å². The molecule has 6 atom stereocenters. The third-order valence-electron chi connectivity index (χ3n) is 23.5. The third kappa shape index (κ3) is 24.8. The summed E-state index contributed by atoms with van der Waals surface area (Å²) in [7, 11) is 0. The van der Waals surface area contributed by atoms with Crippen LogP contribution in [0.25, 0.3) is 22.8 Å². The van der Waals surface area contributed by atoms with Crippen LogP contribution in [0, 0.1) is 0 Å². The molecular weight excluding hydrogens is 1920 g/mol. The lowest BCUT2D eigenvalue weighted by molar-refractivity contribution is -0.141. The van der Waals surface area contributed by atoms with E-state index in [-0.39, 0.29) is 70.8 Å². The Morgan fingerprint density at radius 1 is 0.293 bits per heavy atom. The van der Waals surface area contributed by atoms with Crippen molar-refractivity contribution in [2.75, 3.05) is 0 Å². The Labute approximate surface area is 834 Å². The van der Waals surface area contributed by atoms with Crippen LogP contribution in [0.2, 0.25) is 60.3 Å². The molecule has 12 aromatic carbocycles. The molecule has 3 N–H and O–H groups in total. The molecule has 12 aromatic rings. The van der Waals surface area contributed by atoms with E-state index in [2.05, 4.69) is 63.6 Å². The summed E-state index contributed by atoms with van der Waals surface area (Å²) in [5.74, 6) is 0.223. The number of halogens is 12. The van der Waals surface area contributed by atoms with Crippen molar-refractivity contribution in [2.45, 2.75) is 128 Å². The predicted molar refractivity (Wildman–Crippen MR) is 545 cm³/mol. The van der Waals surface area contributed by atoms with Crippen LogP contribution in [-0.2, 0) is 33.6 Å². The molecule has 13 nitrogen and oxygen atoms in total. The van der Waals surface area contributed by atoms with E-state index in [1.165, 1.54) is 63.1 Å². The van der Waals surface area contributed by atoms with Gasteiger partial charge in [-0.25, -0.2) is 4.79 Å². The van der Waals surface area contributed by atoms with Gasteiger partial charge in [-0.3, -0.25) is 33.7 Å². The minimum absolute atomic E-state index is 0.0611. The maximum atomic E-state index is 12.0. The summed E-state index contributed by atoms with van der Waals surface area (Å²) in [6.45, 7) is 8.71. The van der Waals surface area contributed by atoms with E-state index in [0.29, 0.717) is 78.8 Å². The maximum absolute atomic E-state index is 12.0. The van der Waals surface area contributed by atoms with Gasteiger partial charge in [-0.1, -0.05) is 351 Å². The van der Waals surface area contributed by atoms with Gasteiger partial charge in [0, 0.05) is 134 Å². The number of carbonyl (C=O) groups excluding carboxylic acids is 7. The minimum Gasteiger partial charge on any atom is -0.326 e. The SMILES string of the molecule is CC(=O)N(C(C)=O)C1=CC[C@@H](c2ccc(Cl)c(Cl)c2)c2ccccc21.CC(=O)NC1=CC[C@@H](c2ccc(Cl)c(Cl)c2)c2ccccc21.CC(=O)NC1=CC[C@@H](c2ccc(Cl)c(Cl)c2)c2ccccc21.CC(=O)NC1=CC[C@@H](c2ccc(Cl)c(Cl)c2)c2ccccc21.CC(=O)O/N=C1\CC[C@@H](c2ccc(Cl)c(Cl)c2)c2ccccc21.O=C1CC[C@@H](c2ccc(Cl)c(Cl)c2)c2ccccc21. The zero-order chi connectivity index (χ0) is 95.0. The van der Waals surface area contributed by atoms with E-state index in [1.54, 1.807) is 6.07 Å². The summed E-state index contributed by atoms with van der Waals surface area (Å²) in [4.78, 5) is 87.0. The Kier molecular flexibility index (Phi) is 34.6. The van der Waals surface area contributed by atoms with Gasteiger partial charge in [0.25, 0.3) is 0 Å². The summed E-state index contributed by atoms with van der Waals surface area (Å²) >= 11 is 72.9. The first-order valence-electron chi connectivity index (χ1n) is 42.8. The standard InChI is InChI=1S/C20H17Cl2NO2.C18H15Cl2NO2.3C18H15Cl2NO.C16H12Cl2O/c1-12(24)23(13(2)25)20-10-8-15(16-5-3-4-6-17(16)20)14-7-9-18(21)19(22)11-14;1-11(22)23-21-18-9-7-13(14-4-2-3-5-15(14)18)12-6-8-16(19)17(20)10-12;3*1-11(22)21-18-9-7-13(14-4-2-3-5-15(14)18)12-6-8-16(19)17(20)10-12;17-14-7-5-10(9-15(14)18)11-6-8-16(19)13-4-2-1-3-12(11)13/h3-7,9-11,15H,8H2,1-2H3;2-6,8,10,13H,7,9H2,1H3;3*2-6,8-10,13H,7H2,1H3,(H,21,22);1-5,7,9,11H,6,8H2/b;21-18+;;;;/t15-;4*13-;11-/m000000/s1. The molecule has 0 saturated carbocycles. The fourth-order valence-corrected chi connectivity index (χ4v) is 19.4. The molecule has 0 spiro atoms. The van der Waals surface area contributed by atoms with Crippen LogP contribution in [-0.4, -0.2) is 51.9 Å². The van der Waals surface area contributed by atoms with Crippen LogP contribution in [0.15, 0.2) is 284 Å². The number of hydrogen-bond acceptors (Lipinski definition) is 9. The number of rotatable bonds is 11. The molecular formula is C108H89Cl12N5O8. The Bertz CT molecular complexity index is 6340. The van der Waals surface area contributed by atoms with Crippen LogP contribution in [0.3, 0.4) is 0 Å². The maximum Gasteiger partial charge on any atom is 0.331 e. The fraction of sp³-hybridized carbons (Fsp3) is 0.185. The van der Waals surface area contributed by atoms with Crippen molar-refractivity contribution >= 4 is 209 Å². The number of nitrogens with one attached hydrogen (secondary N) is 3. The van der Waals surface area contributed by atoms with E-state index in [1.807, 2.05) is 231 Å². The van der Waals surface area contributed by atoms with E-state index in [0.717, 1.165) is 145 Å². The van der Waals surface area contributed by atoms with Gasteiger partial charge in [-0.2, -0.15) is 0 Å². The van der Waals surface area contributed by atoms with Crippen LogP contribution in [0.4, 0.5) is 0 Å². The lowest BCUT2D eigenvalue weighted by atomic mass is 9.78. The molecule has 0 bridgehead atoms. The second-order valence-electron chi connectivity index (χ2n) is 32.3. The smallest absolute Gasteiger partial charge is 0.326 e. The number of nitrogens with zero attached hydrogens (tertiary/aromatic N) is 2. The van der Waals surface area contributed by atoms with Crippen LogP contribution in [0.5, 0.6) is 0 Å². The van der Waals surface area contributed by atoms with Crippen LogP contribution in [0.1, 0.15) is 233 Å². The van der Waals surface area contributed by atoms with Gasteiger partial charge in [0.2, 0.25) is 29.5 Å². The van der Waals surface area contributed by atoms with Crippen molar-refractivity contribution in [3.05, 3.63) is 440 Å². The zero-order valence-corrected chi connectivity index (χ0v) is 81.9. The fourth-order valence-electron chi connectivity index (χ4n) is 17.6. The number of Topliss-reactive ketones (excluding diaryl/α,β-unsaturated/α-hetero) is 1. The van der Waals surface area contributed by atoms with Gasteiger partial charge in [0.15, 0.2) is 5.78 Å². The van der Waals surface area contributed by atoms with Crippen molar-refractivity contribution in [1.29, 1.82) is 0 Å². The quantitative estimate of drug-likeness (QED) is 0.0845. The number of hydrogen-bond donors (Lipinski definition) is 3. The lowest BCUT2D eigenvalue weighted by Gasteiger charge is -2.30. The highest BCUT2D eigenvalue weighted by Gasteiger charge is 2.34. The van der Waals surface area contributed by atoms with E-state index in [9.17, 15) is 33.6 Å². The molecule has 0 unspecified atom stereocenters. The third-order valence-corrected chi connectivity index (χ3v) is 27.9. The van der Waals surface area contributed by atoms with Crippen molar-refractivity contribution in [1.82, 2.24) is 20.9 Å². The molecule has 0 aliphatic heterocycles. The van der Waals surface area contributed by atoms with Crippen molar-refractivity contribution in [3.8, 4) is 0 Å². The van der Waals surface area contributed by atoms with Crippen molar-refractivity contribution in [3.63, 3.8) is 0 Å². The molecule has 678 valence electrons. The molecule has 0 fully saturated rings. The second kappa shape index (κ2) is 46.1. The molecule has 25 heteroatoms. The number of fused-ring (bicyclic) bond motifs is 6. The minimum atomic E-state index is -0.415.